The molecule has 0 unspecified atom stereocenters. The number of nitrogens with one attached hydrogen (secondary N) is 1. The van der Waals surface area contributed by atoms with Gasteiger partial charge in [-0.1, -0.05) is 6.07 Å². The molecule has 2 rings (SSSR count). The highest BCUT2D eigenvalue weighted by Gasteiger charge is 2.23. The Morgan fingerprint density at radius 2 is 2.41 bits per heavy atom. The number of aryl methyl sites for hydroxylation is 1. The molecule has 1 saturated heterocycles. The lowest BCUT2D eigenvalue weighted by atomic mass is 10.3. The highest BCUT2D eigenvalue weighted by atomic mass is 16.5. The third-order valence-corrected chi connectivity index (χ3v) is 2.75. The number of morpholine rings is 1. The van der Waals surface area contributed by atoms with Crippen LogP contribution in [0.25, 0.3) is 0 Å². The first-order valence-corrected chi connectivity index (χ1v) is 5.76. The molecule has 0 bridgehead atoms. The van der Waals surface area contributed by atoms with Gasteiger partial charge in [0.25, 0.3) is 0 Å². The summed E-state index contributed by atoms with van der Waals surface area (Å²) in [7, 11) is 0. The van der Waals surface area contributed by atoms with Gasteiger partial charge in [-0.25, -0.2) is 9.78 Å². The molecule has 2 heterocycles. The minimum atomic E-state index is -0.112. The molecule has 1 aromatic heterocycles. The van der Waals surface area contributed by atoms with Crippen molar-refractivity contribution in [2.45, 2.75) is 19.9 Å². The Morgan fingerprint density at radius 3 is 3.12 bits per heavy atom. The molecule has 0 radical (unpaired) electrons. The second kappa shape index (κ2) is 5.14. The fraction of sp³-hybridized carbons (Fsp3) is 0.500. The molecule has 0 aromatic carbocycles. The number of hydrogen-bond donors (Lipinski definition) is 1. The summed E-state index contributed by atoms with van der Waals surface area (Å²) in [5, 5.41) is 2.80. The molecule has 1 aliphatic rings. The Labute approximate surface area is 101 Å². The van der Waals surface area contributed by atoms with Gasteiger partial charge in [-0.15, -0.1) is 0 Å². The second-order valence-corrected chi connectivity index (χ2v) is 4.21. The number of carbonyl (C=O) groups is 1. The first-order valence-electron chi connectivity index (χ1n) is 5.76. The molecule has 5 nitrogen and oxygen atoms in total. The van der Waals surface area contributed by atoms with Crippen LogP contribution in [0.15, 0.2) is 18.2 Å². The van der Waals surface area contributed by atoms with Gasteiger partial charge in [-0.3, -0.25) is 5.32 Å². The van der Waals surface area contributed by atoms with E-state index in [2.05, 4.69) is 10.3 Å². The highest BCUT2D eigenvalue weighted by Crippen LogP contribution is 2.10. The summed E-state index contributed by atoms with van der Waals surface area (Å²) in [6.45, 7) is 5.68. The number of carbonyl (C=O) groups excluding carboxylic acids is 1. The van der Waals surface area contributed by atoms with Crippen LogP contribution in [-0.4, -0.2) is 41.7 Å². The summed E-state index contributed by atoms with van der Waals surface area (Å²) in [6, 6.07) is 5.55. The molecular formula is C12H17N3O2. The van der Waals surface area contributed by atoms with Crippen molar-refractivity contribution >= 4 is 11.8 Å². The first kappa shape index (κ1) is 11.9. The van der Waals surface area contributed by atoms with E-state index in [1.807, 2.05) is 26.0 Å². The van der Waals surface area contributed by atoms with Crippen molar-refractivity contribution in [3.63, 3.8) is 0 Å². The fourth-order valence-corrected chi connectivity index (χ4v) is 1.82. The van der Waals surface area contributed by atoms with E-state index in [-0.39, 0.29) is 12.1 Å². The predicted octanol–water partition coefficient (Wildman–Crippen LogP) is 1.64. The number of ether oxygens (including phenoxy) is 1. The lowest BCUT2D eigenvalue weighted by molar-refractivity contribution is 0.0221. The maximum atomic E-state index is 12.0. The summed E-state index contributed by atoms with van der Waals surface area (Å²) in [6.07, 6.45) is 0. The van der Waals surface area contributed by atoms with E-state index >= 15 is 0 Å². The van der Waals surface area contributed by atoms with Gasteiger partial charge < -0.3 is 9.64 Å². The van der Waals surface area contributed by atoms with Crippen molar-refractivity contribution in [3.8, 4) is 0 Å². The predicted molar refractivity (Wildman–Crippen MR) is 65.0 cm³/mol. The molecular weight excluding hydrogens is 218 g/mol. The van der Waals surface area contributed by atoms with Crippen molar-refractivity contribution in [2.24, 2.45) is 0 Å². The Kier molecular flexibility index (Phi) is 3.58. The van der Waals surface area contributed by atoms with E-state index in [0.717, 1.165) is 5.69 Å². The molecule has 17 heavy (non-hydrogen) atoms. The van der Waals surface area contributed by atoms with Crippen LogP contribution in [0, 0.1) is 6.92 Å². The number of urea groups is 1. The fourth-order valence-electron chi connectivity index (χ4n) is 1.82. The van der Waals surface area contributed by atoms with Gasteiger partial charge >= 0.3 is 6.03 Å². The number of nitrogens with zero attached hydrogens (tertiary/aromatic N) is 2. The molecule has 1 fully saturated rings. The van der Waals surface area contributed by atoms with E-state index in [9.17, 15) is 4.79 Å². The number of pyridine rings is 1. The second-order valence-electron chi connectivity index (χ2n) is 4.21. The molecule has 1 aliphatic heterocycles. The standard InChI is InChI=1S/C12H17N3O2/c1-9-4-3-5-11(13-9)14-12(16)15-6-7-17-8-10(15)2/h3-5,10H,6-8H2,1-2H3,(H,13,14,16)/t10-/m1/s1. The van der Waals surface area contributed by atoms with Gasteiger partial charge in [0.1, 0.15) is 5.82 Å². The zero-order valence-electron chi connectivity index (χ0n) is 10.1. The Hall–Kier alpha value is -1.62. The normalized spacial score (nSPS) is 20.1. The van der Waals surface area contributed by atoms with Crippen LogP contribution in [0.1, 0.15) is 12.6 Å². The van der Waals surface area contributed by atoms with Crippen LogP contribution in [0.5, 0.6) is 0 Å². The summed E-state index contributed by atoms with van der Waals surface area (Å²) >= 11 is 0. The quantitative estimate of drug-likeness (QED) is 0.805. The minimum absolute atomic E-state index is 0.105. The number of anilines is 1. The Morgan fingerprint density at radius 1 is 1.59 bits per heavy atom. The van der Waals surface area contributed by atoms with Crippen LogP contribution in [0.2, 0.25) is 0 Å². The van der Waals surface area contributed by atoms with E-state index in [4.69, 9.17) is 4.74 Å². The van der Waals surface area contributed by atoms with Crippen LogP contribution in [0.4, 0.5) is 10.6 Å². The average molecular weight is 235 g/mol. The van der Waals surface area contributed by atoms with E-state index in [1.165, 1.54) is 0 Å². The van der Waals surface area contributed by atoms with Crippen LogP contribution in [-0.2, 0) is 4.74 Å². The van der Waals surface area contributed by atoms with Crippen LogP contribution in [0.3, 0.4) is 0 Å². The molecule has 0 spiro atoms. The smallest absolute Gasteiger partial charge is 0.323 e. The van der Waals surface area contributed by atoms with Crippen molar-refractivity contribution in [1.29, 1.82) is 0 Å². The lowest BCUT2D eigenvalue weighted by Crippen LogP contribution is -2.49. The SMILES string of the molecule is Cc1cccc(NC(=O)N2CCOC[C@H]2C)n1. The van der Waals surface area contributed by atoms with Gasteiger partial charge in [-0.2, -0.15) is 0 Å². The van der Waals surface area contributed by atoms with Gasteiger partial charge in [0.05, 0.1) is 19.3 Å². The summed E-state index contributed by atoms with van der Waals surface area (Å²) in [5.74, 6) is 0.591. The molecule has 92 valence electrons. The lowest BCUT2D eigenvalue weighted by Gasteiger charge is -2.33. The van der Waals surface area contributed by atoms with Crippen molar-refractivity contribution in [1.82, 2.24) is 9.88 Å². The molecule has 0 aliphatic carbocycles. The van der Waals surface area contributed by atoms with Crippen molar-refractivity contribution < 1.29 is 9.53 Å². The largest absolute Gasteiger partial charge is 0.377 e. The van der Waals surface area contributed by atoms with E-state index in [0.29, 0.717) is 25.6 Å². The average Bonchev–Trinajstić information content (AvgIpc) is 2.29. The van der Waals surface area contributed by atoms with Crippen molar-refractivity contribution in [2.75, 3.05) is 25.1 Å². The summed E-state index contributed by atoms with van der Waals surface area (Å²) in [5.41, 5.74) is 0.887. The third-order valence-electron chi connectivity index (χ3n) is 2.75. The summed E-state index contributed by atoms with van der Waals surface area (Å²) in [4.78, 5) is 18.0. The Balaban J connectivity index is 2.01. The van der Waals surface area contributed by atoms with Gasteiger partial charge in [0, 0.05) is 12.2 Å². The molecule has 1 atom stereocenters. The third kappa shape index (κ3) is 2.94. The number of hydrogen-bond acceptors (Lipinski definition) is 3. The number of rotatable bonds is 1. The zero-order valence-corrected chi connectivity index (χ0v) is 10.1. The summed E-state index contributed by atoms with van der Waals surface area (Å²) < 4.78 is 5.29. The first-order chi connectivity index (χ1) is 8.16. The van der Waals surface area contributed by atoms with Crippen LogP contribution >= 0.6 is 0 Å². The minimum Gasteiger partial charge on any atom is -0.377 e. The van der Waals surface area contributed by atoms with Gasteiger partial charge in [0.2, 0.25) is 0 Å². The topological polar surface area (TPSA) is 54.5 Å². The Bertz CT molecular complexity index is 408. The monoisotopic (exact) mass is 235 g/mol. The molecule has 5 heteroatoms. The number of aromatic nitrogens is 1. The number of amides is 2. The highest BCUT2D eigenvalue weighted by molar-refractivity contribution is 5.88. The molecule has 1 N–H and O–H groups in total. The molecule has 2 amide bonds. The van der Waals surface area contributed by atoms with E-state index in [1.54, 1.807) is 11.0 Å². The zero-order chi connectivity index (χ0) is 12.3. The molecule has 1 aromatic rings. The van der Waals surface area contributed by atoms with E-state index < -0.39 is 0 Å². The van der Waals surface area contributed by atoms with Crippen LogP contribution < -0.4 is 5.32 Å². The maximum Gasteiger partial charge on any atom is 0.323 e. The maximum absolute atomic E-state index is 12.0. The van der Waals surface area contributed by atoms with Gasteiger partial charge in [0.15, 0.2) is 0 Å². The van der Waals surface area contributed by atoms with Gasteiger partial charge in [-0.05, 0) is 26.0 Å². The molecule has 0 saturated carbocycles. The van der Waals surface area contributed by atoms with Crippen molar-refractivity contribution in [3.05, 3.63) is 23.9 Å².